The molecular weight excluding hydrogens is 515 g/mol. The zero-order valence-electron chi connectivity index (χ0n) is 22.0. The Kier molecular flexibility index (Phi) is 7.55. The van der Waals surface area contributed by atoms with Gasteiger partial charge in [-0.05, 0) is 82.2 Å². The third-order valence-electron chi connectivity index (χ3n) is 7.25. The number of benzene rings is 2. The van der Waals surface area contributed by atoms with E-state index in [1.165, 1.54) is 34.1 Å². The van der Waals surface area contributed by atoms with Gasteiger partial charge in [0, 0.05) is 11.2 Å². The number of aryl methyl sites for hydroxylation is 1. The van der Waals surface area contributed by atoms with Crippen LogP contribution in [0.15, 0.2) is 48.5 Å². The highest BCUT2D eigenvalue weighted by Crippen LogP contribution is 2.42. The number of nitrogens with zero attached hydrogens (tertiary/aromatic N) is 2. The molecule has 0 spiro atoms. The molecule has 0 aromatic heterocycles. The van der Waals surface area contributed by atoms with Gasteiger partial charge in [-0.15, -0.1) is 13.2 Å². The topological polar surface area (TPSA) is 99.2 Å². The Bertz CT molecular complexity index is 1240. The molecule has 1 saturated carbocycles. The van der Waals surface area contributed by atoms with Gasteiger partial charge in [0.05, 0.1) is 6.54 Å². The second-order valence-corrected chi connectivity index (χ2v) is 11.0. The molecule has 2 aliphatic rings. The minimum Gasteiger partial charge on any atom is -0.465 e. The Morgan fingerprint density at radius 1 is 1.10 bits per heavy atom. The summed E-state index contributed by atoms with van der Waals surface area (Å²) in [5, 5.41) is 12.8. The smallest absolute Gasteiger partial charge is 0.465 e. The number of ether oxygens (including phenoxy) is 1. The van der Waals surface area contributed by atoms with Crippen LogP contribution in [0.2, 0.25) is 0 Å². The van der Waals surface area contributed by atoms with E-state index in [1.54, 1.807) is 32.9 Å². The molecule has 4 rings (SSSR count). The third-order valence-corrected chi connectivity index (χ3v) is 7.25. The summed E-state index contributed by atoms with van der Waals surface area (Å²) in [6.07, 6.45) is -3.78. The molecule has 1 atom stereocenters. The number of fused-ring (bicyclic) bond motifs is 1. The maximum absolute atomic E-state index is 13.8. The Morgan fingerprint density at radius 3 is 2.28 bits per heavy atom. The lowest BCUT2D eigenvalue weighted by Gasteiger charge is -2.52. The van der Waals surface area contributed by atoms with Crippen molar-refractivity contribution in [3.8, 4) is 5.75 Å². The number of carbonyl (C=O) groups excluding carboxylic acids is 2. The fourth-order valence-corrected chi connectivity index (χ4v) is 5.46. The van der Waals surface area contributed by atoms with Gasteiger partial charge in [-0.3, -0.25) is 14.5 Å². The van der Waals surface area contributed by atoms with Crippen molar-refractivity contribution in [3.63, 3.8) is 0 Å². The maximum Gasteiger partial charge on any atom is 0.573 e. The van der Waals surface area contributed by atoms with E-state index in [1.807, 2.05) is 12.1 Å². The zero-order chi connectivity index (χ0) is 28.6. The number of halogens is 3. The van der Waals surface area contributed by atoms with Gasteiger partial charge >= 0.3 is 12.5 Å². The van der Waals surface area contributed by atoms with Crippen LogP contribution in [-0.4, -0.2) is 51.4 Å². The van der Waals surface area contributed by atoms with Crippen molar-refractivity contribution in [2.45, 2.75) is 82.9 Å². The summed E-state index contributed by atoms with van der Waals surface area (Å²) in [6, 6.07) is 11.7. The predicted molar refractivity (Wildman–Crippen MR) is 137 cm³/mol. The Labute approximate surface area is 224 Å². The number of hydrogen-bond donors (Lipinski definition) is 2. The van der Waals surface area contributed by atoms with E-state index >= 15 is 0 Å². The largest absolute Gasteiger partial charge is 0.573 e. The van der Waals surface area contributed by atoms with Crippen molar-refractivity contribution >= 4 is 23.6 Å². The van der Waals surface area contributed by atoms with Crippen LogP contribution in [-0.2, 0) is 22.6 Å². The molecule has 11 heteroatoms. The molecule has 3 amide bonds. The number of hydrogen-bond acceptors (Lipinski definition) is 4. The number of amides is 3. The van der Waals surface area contributed by atoms with Crippen LogP contribution in [0.5, 0.6) is 5.75 Å². The van der Waals surface area contributed by atoms with Crippen molar-refractivity contribution in [1.82, 2.24) is 10.2 Å². The molecule has 0 saturated heterocycles. The van der Waals surface area contributed by atoms with Gasteiger partial charge in [0.15, 0.2) is 0 Å². The lowest BCUT2D eigenvalue weighted by Crippen LogP contribution is -2.70. The quantitative estimate of drug-likeness (QED) is 0.515. The second kappa shape index (κ2) is 10.4. The normalized spacial score (nSPS) is 18.9. The molecule has 210 valence electrons. The van der Waals surface area contributed by atoms with Crippen LogP contribution in [0.3, 0.4) is 0 Å². The van der Waals surface area contributed by atoms with Gasteiger partial charge in [0.1, 0.15) is 17.3 Å². The zero-order valence-corrected chi connectivity index (χ0v) is 22.0. The van der Waals surface area contributed by atoms with Gasteiger partial charge < -0.3 is 20.1 Å². The average molecular weight is 548 g/mol. The van der Waals surface area contributed by atoms with Crippen LogP contribution >= 0.6 is 0 Å². The second-order valence-electron chi connectivity index (χ2n) is 11.0. The molecule has 1 unspecified atom stereocenters. The number of carbonyl (C=O) groups is 3. The van der Waals surface area contributed by atoms with Crippen molar-refractivity contribution in [2.75, 3.05) is 4.90 Å². The number of alkyl halides is 3. The van der Waals surface area contributed by atoms with Gasteiger partial charge in [-0.25, -0.2) is 4.79 Å². The summed E-state index contributed by atoms with van der Waals surface area (Å²) in [4.78, 5) is 42.4. The van der Waals surface area contributed by atoms with Crippen molar-refractivity contribution < 1.29 is 37.4 Å². The van der Waals surface area contributed by atoms with Gasteiger partial charge in [-0.1, -0.05) is 30.3 Å². The fraction of sp³-hybridized carbons (Fsp3) is 0.464. The summed E-state index contributed by atoms with van der Waals surface area (Å²) in [5.41, 5.74) is 0.0130. The van der Waals surface area contributed by atoms with E-state index in [-0.39, 0.29) is 18.2 Å². The number of anilines is 1. The maximum atomic E-state index is 13.8. The molecule has 1 aliphatic carbocycles. The number of carboxylic acid groups (broad SMARTS) is 1. The monoisotopic (exact) mass is 547 g/mol. The Morgan fingerprint density at radius 2 is 1.74 bits per heavy atom. The van der Waals surface area contributed by atoms with Crippen LogP contribution in [0.25, 0.3) is 0 Å². The van der Waals surface area contributed by atoms with E-state index in [4.69, 9.17) is 0 Å². The summed E-state index contributed by atoms with van der Waals surface area (Å²) in [7, 11) is 0. The molecule has 0 bridgehead atoms. The molecular formula is C28H32F3N3O5. The number of para-hydroxylation sites is 1. The first-order chi connectivity index (χ1) is 18.2. The fourth-order valence-electron chi connectivity index (χ4n) is 5.46. The molecule has 39 heavy (non-hydrogen) atoms. The molecule has 1 aliphatic heterocycles. The summed E-state index contributed by atoms with van der Waals surface area (Å²) < 4.78 is 41.6. The van der Waals surface area contributed by atoms with E-state index in [9.17, 15) is 32.7 Å². The summed E-state index contributed by atoms with van der Waals surface area (Å²) in [5.74, 6) is -1.24. The van der Waals surface area contributed by atoms with E-state index < -0.39 is 35.5 Å². The minimum absolute atomic E-state index is 0.0584. The van der Waals surface area contributed by atoms with Crippen LogP contribution in [0, 0.1) is 0 Å². The van der Waals surface area contributed by atoms with Crippen LogP contribution in [0.4, 0.5) is 23.7 Å². The number of nitrogens with one attached hydrogen (secondary N) is 1. The highest BCUT2D eigenvalue weighted by molar-refractivity contribution is 6.02. The lowest BCUT2D eigenvalue weighted by atomic mass is 9.72. The van der Waals surface area contributed by atoms with Gasteiger partial charge in [0.25, 0.3) is 0 Å². The van der Waals surface area contributed by atoms with Crippen molar-refractivity contribution in [2.24, 2.45) is 0 Å². The van der Waals surface area contributed by atoms with E-state index in [0.717, 1.165) is 5.56 Å². The van der Waals surface area contributed by atoms with Crippen molar-refractivity contribution in [1.29, 1.82) is 0 Å². The molecule has 1 heterocycles. The van der Waals surface area contributed by atoms with Crippen LogP contribution in [0.1, 0.15) is 57.6 Å². The van der Waals surface area contributed by atoms with E-state index in [0.29, 0.717) is 43.4 Å². The van der Waals surface area contributed by atoms with E-state index in [2.05, 4.69) is 10.1 Å². The molecule has 8 nitrogen and oxygen atoms in total. The highest BCUT2D eigenvalue weighted by atomic mass is 19.4. The number of rotatable bonds is 6. The molecule has 2 aromatic rings. The van der Waals surface area contributed by atoms with Crippen molar-refractivity contribution in [3.05, 3.63) is 59.7 Å². The summed E-state index contributed by atoms with van der Waals surface area (Å²) >= 11 is 0. The van der Waals surface area contributed by atoms with Gasteiger partial charge in [-0.2, -0.15) is 0 Å². The van der Waals surface area contributed by atoms with Crippen LogP contribution < -0.4 is 15.0 Å². The first-order valence-corrected chi connectivity index (χ1v) is 12.8. The highest BCUT2D eigenvalue weighted by Gasteiger charge is 2.55. The summed E-state index contributed by atoms with van der Waals surface area (Å²) in [6.45, 7) is 5.25. The molecule has 1 fully saturated rings. The molecule has 2 aromatic carbocycles. The predicted octanol–water partition coefficient (Wildman–Crippen LogP) is 5.25. The Balaban J connectivity index is 1.59. The first-order valence-electron chi connectivity index (χ1n) is 12.8. The average Bonchev–Trinajstić information content (AvgIpc) is 2.92. The molecule has 2 N–H and O–H groups in total. The lowest BCUT2D eigenvalue weighted by molar-refractivity contribution is -0.274. The minimum atomic E-state index is -4.81. The third kappa shape index (κ3) is 5.97. The first kappa shape index (κ1) is 28.3. The standard InChI is InChI=1S/C28H32F3N3O5/c1-26(2,3)34(25(37)38)27(15-6-16-27)24(36)32-21-14-11-19-7-4-5-8-22(19)33(23(21)35)17-18-9-12-20(13-10-18)39-28(29,30)31/h4-5,7-10,12-13,21H,6,11,14-17H2,1-3H3,(H,32,36)(H,37,38). The Hall–Kier alpha value is -3.76. The SMILES string of the molecule is CC(C)(C)N(C(=O)O)C1(C(=O)NC2CCc3ccccc3N(Cc3ccc(OC(F)(F)F)cc3)C2=O)CCC1. The van der Waals surface area contributed by atoms with Gasteiger partial charge in [0.2, 0.25) is 11.8 Å². The molecule has 0 radical (unpaired) electrons.